The molecular formula is C26H27BrN2O3. The molecule has 3 rings (SSSR count). The SMILES string of the molecule is CCOc1ccc(Br)cc1C=NNC(=O)COc1ccc(C(C)(C)c2ccccc2)cc1. The largest absolute Gasteiger partial charge is 0.493 e. The Hall–Kier alpha value is -3.12. The number of nitrogens with one attached hydrogen (secondary N) is 1. The Morgan fingerprint density at radius 3 is 2.38 bits per heavy atom. The molecule has 0 saturated carbocycles. The molecule has 1 amide bonds. The van der Waals surface area contributed by atoms with Gasteiger partial charge in [0, 0.05) is 15.5 Å². The Morgan fingerprint density at radius 2 is 1.69 bits per heavy atom. The van der Waals surface area contributed by atoms with Crippen molar-refractivity contribution in [1.82, 2.24) is 5.43 Å². The molecule has 3 aromatic rings. The minimum absolute atomic E-state index is 0.126. The fourth-order valence-corrected chi connectivity index (χ4v) is 3.63. The van der Waals surface area contributed by atoms with Crippen LogP contribution in [0.2, 0.25) is 0 Å². The molecule has 0 aliphatic rings. The number of benzene rings is 3. The topological polar surface area (TPSA) is 59.9 Å². The molecule has 0 bridgehead atoms. The van der Waals surface area contributed by atoms with Crippen molar-refractivity contribution in [3.8, 4) is 11.5 Å². The second-order valence-corrected chi connectivity index (χ2v) is 8.63. The molecule has 32 heavy (non-hydrogen) atoms. The maximum Gasteiger partial charge on any atom is 0.277 e. The molecule has 5 nitrogen and oxygen atoms in total. The summed E-state index contributed by atoms with van der Waals surface area (Å²) in [5.41, 5.74) is 5.53. The number of carbonyl (C=O) groups excluding carboxylic acids is 1. The number of hydrogen-bond acceptors (Lipinski definition) is 4. The molecule has 1 N–H and O–H groups in total. The van der Waals surface area contributed by atoms with E-state index in [4.69, 9.17) is 9.47 Å². The summed E-state index contributed by atoms with van der Waals surface area (Å²) in [4.78, 5) is 12.1. The first-order chi connectivity index (χ1) is 15.4. The number of halogens is 1. The van der Waals surface area contributed by atoms with Gasteiger partial charge in [-0.15, -0.1) is 0 Å². The maximum absolute atomic E-state index is 12.1. The minimum Gasteiger partial charge on any atom is -0.493 e. The van der Waals surface area contributed by atoms with Crippen LogP contribution in [0.15, 0.2) is 82.4 Å². The van der Waals surface area contributed by atoms with E-state index >= 15 is 0 Å². The van der Waals surface area contributed by atoms with Gasteiger partial charge in [0.25, 0.3) is 5.91 Å². The molecule has 0 aliphatic carbocycles. The van der Waals surface area contributed by atoms with Gasteiger partial charge in [-0.3, -0.25) is 4.79 Å². The average molecular weight is 495 g/mol. The number of ether oxygens (including phenoxy) is 2. The van der Waals surface area contributed by atoms with Gasteiger partial charge in [-0.2, -0.15) is 5.10 Å². The summed E-state index contributed by atoms with van der Waals surface area (Å²) in [5.74, 6) is 0.980. The van der Waals surface area contributed by atoms with Crippen molar-refractivity contribution in [3.63, 3.8) is 0 Å². The highest BCUT2D eigenvalue weighted by Crippen LogP contribution is 2.32. The van der Waals surface area contributed by atoms with Crippen LogP contribution in [0, 0.1) is 0 Å². The van der Waals surface area contributed by atoms with Crippen molar-refractivity contribution in [2.45, 2.75) is 26.2 Å². The Morgan fingerprint density at radius 1 is 1.00 bits per heavy atom. The van der Waals surface area contributed by atoms with Gasteiger partial charge < -0.3 is 9.47 Å². The molecule has 3 aromatic carbocycles. The van der Waals surface area contributed by atoms with Gasteiger partial charge in [-0.1, -0.05) is 72.2 Å². The van der Waals surface area contributed by atoms with Crippen LogP contribution in [-0.2, 0) is 10.2 Å². The first-order valence-corrected chi connectivity index (χ1v) is 11.2. The number of rotatable bonds is 9. The Bertz CT molecular complexity index is 1060. The molecule has 0 spiro atoms. The number of hydrazone groups is 1. The monoisotopic (exact) mass is 494 g/mol. The van der Waals surface area contributed by atoms with Crippen LogP contribution in [0.3, 0.4) is 0 Å². The minimum atomic E-state index is -0.345. The smallest absolute Gasteiger partial charge is 0.277 e. The molecule has 6 heteroatoms. The van der Waals surface area contributed by atoms with E-state index in [-0.39, 0.29) is 17.9 Å². The average Bonchev–Trinajstić information content (AvgIpc) is 2.80. The summed E-state index contributed by atoms with van der Waals surface area (Å²) in [6, 6.07) is 23.8. The van der Waals surface area contributed by atoms with Crippen LogP contribution in [0.5, 0.6) is 11.5 Å². The summed E-state index contributed by atoms with van der Waals surface area (Å²) in [6.07, 6.45) is 1.55. The highest BCUT2D eigenvalue weighted by molar-refractivity contribution is 9.10. The van der Waals surface area contributed by atoms with E-state index in [1.54, 1.807) is 6.21 Å². The van der Waals surface area contributed by atoms with Crippen LogP contribution in [0.25, 0.3) is 0 Å². The van der Waals surface area contributed by atoms with E-state index in [9.17, 15) is 4.79 Å². The zero-order valence-electron chi connectivity index (χ0n) is 18.5. The van der Waals surface area contributed by atoms with Gasteiger partial charge in [0.15, 0.2) is 6.61 Å². The van der Waals surface area contributed by atoms with E-state index in [2.05, 4.69) is 52.4 Å². The normalized spacial score (nSPS) is 11.4. The van der Waals surface area contributed by atoms with E-state index in [0.29, 0.717) is 18.1 Å². The summed E-state index contributed by atoms with van der Waals surface area (Å²) in [6.45, 7) is 6.70. The molecule has 0 radical (unpaired) electrons. The highest BCUT2D eigenvalue weighted by atomic mass is 79.9. The van der Waals surface area contributed by atoms with Crippen molar-refractivity contribution in [2.75, 3.05) is 13.2 Å². The quantitative estimate of drug-likeness (QED) is 0.306. The first-order valence-electron chi connectivity index (χ1n) is 10.4. The molecular weight excluding hydrogens is 468 g/mol. The van der Waals surface area contributed by atoms with Crippen LogP contribution < -0.4 is 14.9 Å². The van der Waals surface area contributed by atoms with Crippen LogP contribution in [-0.4, -0.2) is 25.3 Å². The molecule has 166 valence electrons. The predicted molar refractivity (Wildman–Crippen MR) is 132 cm³/mol. The second-order valence-electron chi connectivity index (χ2n) is 7.71. The third-order valence-corrected chi connectivity index (χ3v) is 5.60. The molecule has 0 aromatic heterocycles. The summed E-state index contributed by atoms with van der Waals surface area (Å²) >= 11 is 3.42. The third kappa shape index (κ3) is 6.20. The fourth-order valence-electron chi connectivity index (χ4n) is 3.25. The maximum atomic E-state index is 12.1. The number of amides is 1. The Kier molecular flexibility index (Phi) is 8.06. The van der Waals surface area contributed by atoms with Crippen LogP contribution in [0.4, 0.5) is 0 Å². The second kappa shape index (κ2) is 11.0. The van der Waals surface area contributed by atoms with Gasteiger partial charge in [0.1, 0.15) is 11.5 Å². The Labute approximate surface area is 197 Å². The van der Waals surface area contributed by atoms with Gasteiger partial charge in [-0.25, -0.2) is 5.43 Å². The van der Waals surface area contributed by atoms with E-state index < -0.39 is 0 Å². The van der Waals surface area contributed by atoms with E-state index in [1.807, 2.05) is 67.6 Å². The Balaban J connectivity index is 1.54. The number of nitrogens with zero attached hydrogens (tertiary/aromatic N) is 1. The highest BCUT2D eigenvalue weighted by Gasteiger charge is 2.22. The molecule has 0 saturated heterocycles. The lowest BCUT2D eigenvalue weighted by Gasteiger charge is -2.26. The molecule has 0 heterocycles. The summed E-state index contributed by atoms with van der Waals surface area (Å²) < 4.78 is 12.1. The predicted octanol–water partition coefficient (Wildman–Crippen LogP) is 5.70. The van der Waals surface area contributed by atoms with Gasteiger partial charge in [0.2, 0.25) is 0 Å². The van der Waals surface area contributed by atoms with Gasteiger partial charge in [0.05, 0.1) is 12.8 Å². The standard InChI is InChI=1S/C26H27BrN2O3/c1-4-31-24-15-12-22(27)16-19(24)17-28-29-25(30)18-32-23-13-10-21(11-14-23)26(2,3)20-8-6-5-7-9-20/h5-17H,4,18H2,1-3H3,(H,29,30). The fraction of sp³-hybridized carbons (Fsp3) is 0.231. The van der Waals surface area contributed by atoms with E-state index in [1.165, 1.54) is 11.1 Å². The summed E-state index contributed by atoms with van der Waals surface area (Å²) in [5, 5.41) is 4.01. The van der Waals surface area contributed by atoms with Crippen molar-refractivity contribution in [3.05, 3.63) is 94.0 Å². The molecule has 0 unspecified atom stereocenters. The van der Waals surface area contributed by atoms with Gasteiger partial charge >= 0.3 is 0 Å². The van der Waals surface area contributed by atoms with Crippen LogP contribution in [0.1, 0.15) is 37.5 Å². The van der Waals surface area contributed by atoms with Gasteiger partial charge in [-0.05, 0) is 48.4 Å². The first kappa shape index (κ1) is 23.5. The van der Waals surface area contributed by atoms with Crippen molar-refractivity contribution < 1.29 is 14.3 Å². The van der Waals surface area contributed by atoms with Crippen molar-refractivity contribution >= 4 is 28.1 Å². The number of hydrogen-bond donors (Lipinski definition) is 1. The lowest BCUT2D eigenvalue weighted by atomic mass is 9.78. The van der Waals surface area contributed by atoms with Crippen molar-refractivity contribution in [1.29, 1.82) is 0 Å². The summed E-state index contributed by atoms with van der Waals surface area (Å²) in [7, 11) is 0. The molecule has 0 aliphatic heterocycles. The lowest BCUT2D eigenvalue weighted by Crippen LogP contribution is -2.24. The van der Waals surface area contributed by atoms with Crippen molar-refractivity contribution in [2.24, 2.45) is 5.10 Å². The van der Waals surface area contributed by atoms with E-state index in [0.717, 1.165) is 10.0 Å². The van der Waals surface area contributed by atoms with Crippen LogP contribution >= 0.6 is 15.9 Å². The third-order valence-electron chi connectivity index (χ3n) is 5.11. The molecule has 0 atom stereocenters. The zero-order chi connectivity index (χ0) is 23.0. The molecule has 0 fully saturated rings. The zero-order valence-corrected chi connectivity index (χ0v) is 20.1. The number of carbonyl (C=O) groups is 1. The lowest BCUT2D eigenvalue weighted by molar-refractivity contribution is -0.123.